The van der Waals surface area contributed by atoms with E-state index in [9.17, 15) is 9.18 Å². The lowest BCUT2D eigenvalue weighted by molar-refractivity contribution is 0.0695. The Balaban J connectivity index is 2.84. The summed E-state index contributed by atoms with van der Waals surface area (Å²) >= 11 is 0. The molecule has 0 aliphatic carbocycles. The van der Waals surface area contributed by atoms with E-state index >= 15 is 0 Å². The highest BCUT2D eigenvalue weighted by Crippen LogP contribution is 2.16. The zero-order valence-corrected chi connectivity index (χ0v) is 8.11. The van der Waals surface area contributed by atoms with Crippen LogP contribution in [0.5, 0.6) is 5.75 Å². The van der Waals surface area contributed by atoms with E-state index in [-0.39, 0.29) is 17.9 Å². The number of aromatic carboxylic acids is 1. The molecule has 1 aromatic carbocycles. The molecule has 1 unspecified atom stereocenters. The molecule has 1 rings (SSSR count). The predicted octanol–water partition coefficient (Wildman–Crippen LogP) is 1.28. The molecule has 15 heavy (non-hydrogen) atoms. The minimum atomic E-state index is -1.23. The molecular weight excluding hydrogens is 203 g/mol. The fourth-order valence-electron chi connectivity index (χ4n) is 0.986. The van der Waals surface area contributed by atoms with Gasteiger partial charge in [0, 0.05) is 6.07 Å². The van der Waals surface area contributed by atoms with Gasteiger partial charge in [0.25, 0.3) is 0 Å². The van der Waals surface area contributed by atoms with Crippen LogP contribution >= 0.6 is 0 Å². The van der Waals surface area contributed by atoms with Gasteiger partial charge in [0.05, 0.1) is 11.7 Å². The highest BCUT2D eigenvalue weighted by atomic mass is 19.1. The summed E-state index contributed by atoms with van der Waals surface area (Å²) in [5.41, 5.74) is -0.185. The topological polar surface area (TPSA) is 66.8 Å². The number of halogens is 1. The van der Waals surface area contributed by atoms with Crippen LogP contribution in [-0.4, -0.2) is 28.9 Å². The number of aliphatic hydroxyl groups is 1. The van der Waals surface area contributed by atoms with Crippen molar-refractivity contribution in [2.45, 2.75) is 13.0 Å². The van der Waals surface area contributed by atoms with E-state index in [4.69, 9.17) is 14.9 Å². The summed E-state index contributed by atoms with van der Waals surface area (Å²) in [5.74, 6) is -1.82. The van der Waals surface area contributed by atoms with Gasteiger partial charge in [-0.25, -0.2) is 9.18 Å². The van der Waals surface area contributed by atoms with Crippen molar-refractivity contribution in [2.75, 3.05) is 6.61 Å². The zero-order valence-electron chi connectivity index (χ0n) is 8.11. The van der Waals surface area contributed by atoms with Gasteiger partial charge in [0.15, 0.2) is 0 Å². The van der Waals surface area contributed by atoms with Crippen molar-refractivity contribution in [3.05, 3.63) is 29.6 Å². The number of hydrogen-bond donors (Lipinski definition) is 2. The molecule has 0 saturated heterocycles. The quantitative estimate of drug-likeness (QED) is 0.792. The maximum Gasteiger partial charge on any atom is 0.335 e. The molecule has 0 bridgehead atoms. The number of carboxylic acid groups (broad SMARTS) is 1. The molecule has 0 saturated carbocycles. The fraction of sp³-hybridized carbons (Fsp3) is 0.300. The first-order valence-corrected chi connectivity index (χ1v) is 4.34. The van der Waals surface area contributed by atoms with Crippen molar-refractivity contribution < 1.29 is 24.1 Å². The van der Waals surface area contributed by atoms with Gasteiger partial charge in [-0.1, -0.05) is 0 Å². The Morgan fingerprint density at radius 3 is 2.73 bits per heavy atom. The summed E-state index contributed by atoms with van der Waals surface area (Å²) < 4.78 is 17.9. The average Bonchev–Trinajstić information content (AvgIpc) is 2.13. The van der Waals surface area contributed by atoms with Crippen molar-refractivity contribution in [3.63, 3.8) is 0 Å². The van der Waals surface area contributed by atoms with E-state index in [0.29, 0.717) is 0 Å². The van der Waals surface area contributed by atoms with Gasteiger partial charge in [-0.05, 0) is 19.1 Å². The predicted molar refractivity (Wildman–Crippen MR) is 50.5 cm³/mol. The van der Waals surface area contributed by atoms with Crippen LogP contribution < -0.4 is 4.74 Å². The third kappa shape index (κ3) is 3.55. The van der Waals surface area contributed by atoms with Crippen LogP contribution in [0.3, 0.4) is 0 Å². The molecule has 2 N–H and O–H groups in total. The van der Waals surface area contributed by atoms with Gasteiger partial charge in [-0.15, -0.1) is 0 Å². The molecule has 0 aliphatic heterocycles. The average molecular weight is 214 g/mol. The SMILES string of the molecule is CC(O)COc1cc(F)cc(C(=O)O)c1. The molecule has 0 fully saturated rings. The molecular formula is C10H11FO4. The summed E-state index contributed by atoms with van der Waals surface area (Å²) in [6.07, 6.45) is -0.693. The molecule has 0 heterocycles. The Bertz CT molecular complexity index is 362. The lowest BCUT2D eigenvalue weighted by atomic mass is 10.2. The molecule has 5 heteroatoms. The second-order valence-corrected chi connectivity index (χ2v) is 3.14. The van der Waals surface area contributed by atoms with Crippen LogP contribution in [0.2, 0.25) is 0 Å². The van der Waals surface area contributed by atoms with Crippen LogP contribution in [0.25, 0.3) is 0 Å². The van der Waals surface area contributed by atoms with Crippen LogP contribution in [0.15, 0.2) is 18.2 Å². The Labute approximate surface area is 85.9 Å². The molecule has 1 aromatic rings. The largest absolute Gasteiger partial charge is 0.491 e. The smallest absolute Gasteiger partial charge is 0.335 e. The number of benzene rings is 1. The van der Waals surface area contributed by atoms with Crippen LogP contribution in [0, 0.1) is 5.82 Å². The minimum Gasteiger partial charge on any atom is -0.491 e. The number of ether oxygens (including phenoxy) is 1. The summed E-state index contributed by atoms with van der Waals surface area (Å²) in [7, 11) is 0. The molecule has 4 nitrogen and oxygen atoms in total. The van der Waals surface area contributed by atoms with Gasteiger partial charge in [0.1, 0.15) is 18.2 Å². The van der Waals surface area contributed by atoms with E-state index in [2.05, 4.69) is 0 Å². The van der Waals surface area contributed by atoms with E-state index in [1.54, 1.807) is 0 Å². The van der Waals surface area contributed by atoms with Gasteiger partial charge >= 0.3 is 5.97 Å². The van der Waals surface area contributed by atoms with Crippen molar-refractivity contribution >= 4 is 5.97 Å². The Hall–Kier alpha value is -1.62. The summed E-state index contributed by atoms with van der Waals surface area (Å²) in [4.78, 5) is 10.6. The van der Waals surface area contributed by atoms with Crippen molar-refractivity contribution in [3.8, 4) is 5.75 Å². The lowest BCUT2D eigenvalue weighted by Gasteiger charge is -2.08. The van der Waals surface area contributed by atoms with Gasteiger partial charge in [0.2, 0.25) is 0 Å². The first-order valence-electron chi connectivity index (χ1n) is 4.34. The van der Waals surface area contributed by atoms with Crippen molar-refractivity contribution in [1.82, 2.24) is 0 Å². The third-order valence-corrected chi connectivity index (χ3v) is 1.61. The molecule has 0 aliphatic rings. The normalized spacial score (nSPS) is 12.2. The molecule has 0 spiro atoms. The Kier molecular flexibility index (Phi) is 3.62. The number of hydrogen-bond acceptors (Lipinski definition) is 3. The number of carboxylic acids is 1. The van der Waals surface area contributed by atoms with E-state index in [1.165, 1.54) is 13.0 Å². The minimum absolute atomic E-state index is 0.0114. The Morgan fingerprint density at radius 2 is 2.20 bits per heavy atom. The number of aliphatic hydroxyl groups excluding tert-OH is 1. The van der Waals surface area contributed by atoms with Crippen molar-refractivity contribution in [2.24, 2.45) is 0 Å². The van der Waals surface area contributed by atoms with E-state index in [1.807, 2.05) is 0 Å². The highest BCUT2D eigenvalue weighted by molar-refractivity contribution is 5.88. The third-order valence-electron chi connectivity index (χ3n) is 1.61. The van der Waals surface area contributed by atoms with Gasteiger partial charge < -0.3 is 14.9 Å². The first kappa shape index (κ1) is 11.5. The molecule has 1 atom stereocenters. The van der Waals surface area contributed by atoms with E-state index in [0.717, 1.165) is 12.1 Å². The summed E-state index contributed by atoms with van der Waals surface area (Å²) in [6.45, 7) is 1.50. The maximum atomic E-state index is 12.9. The second-order valence-electron chi connectivity index (χ2n) is 3.14. The molecule has 0 amide bonds. The van der Waals surface area contributed by atoms with E-state index < -0.39 is 17.9 Å². The summed E-state index contributed by atoms with van der Waals surface area (Å²) in [5, 5.41) is 17.6. The number of carbonyl (C=O) groups is 1. The number of rotatable bonds is 4. The molecule has 0 radical (unpaired) electrons. The second kappa shape index (κ2) is 4.75. The standard InChI is InChI=1S/C10H11FO4/c1-6(12)5-15-9-3-7(10(13)14)2-8(11)4-9/h2-4,6,12H,5H2,1H3,(H,13,14). The lowest BCUT2D eigenvalue weighted by Crippen LogP contribution is -2.13. The first-order chi connectivity index (χ1) is 6.99. The molecule has 0 aromatic heterocycles. The molecule has 82 valence electrons. The van der Waals surface area contributed by atoms with Crippen molar-refractivity contribution in [1.29, 1.82) is 0 Å². The van der Waals surface area contributed by atoms with Gasteiger partial charge in [-0.2, -0.15) is 0 Å². The van der Waals surface area contributed by atoms with Gasteiger partial charge in [-0.3, -0.25) is 0 Å². The highest BCUT2D eigenvalue weighted by Gasteiger charge is 2.08. The van der Waals surface area contributed by atoms with Crippen LogP contribution in [0.4, 0.5) is 4.39 Å². The Morgan fingerprint density at radius 1 is 1.53 bits per heavy atom. The fourth-order valence-corrected chi connectivity index (χ4v) is 0.986. The van der Waals surface area contributed by atoms with Crippen LogP contribution in [-0.2, 0) is 0 Å². The van der Waals surface area contributed by atoms with Crippen LogP contribution in [0.1, 0.15) is 17.3 Å². The zero-order chi connectivity index (χ0) is 11.4. The monoisotopic (exact) mass is 214 g/mol. The summed E-state index contributed by atoms with van der Waals surface area (Å²) in [6, 6.07) is 3.17. The maximum absolute atomic E-state index is 12.9.